The standard InChI is InChI=1S/C21H16BrCl2N3O3/c1-29-19-7-15(11-26-27-21(28)13-3-2-6-25-10-13)17(22)9-20(19)30-12-14-4-5-16(23)8-18(14)24/h2-11H,12H2,1H3,(H,27,28)/b26-11+. The molecule has 1 amide bonds. The van der Waals surface area contributed by atoms with Crippen molar-refractivity contribution in [3.8, 4) is 11.5 Å². The number of nitrogens with zero attached hydrogens (tertiary/aromatic N) is 2. The zero-order valence-corrected chi connectivity index (χ0v) is 18.8. The van der Waals surface area contributed by atoms with Gasteiger partial charge in [0, 0.05) is 38.0 Å². The Morgan fingerprint density at radius 2 is 2.07 bits per heavy atom. The highest BCUT2D eigenvalue weighted by molar-refractivity contribution is 9.10. The number of nitrogens with one attached hydrogen (secondary N) is 1. The van der Waals surface area contributed by atoms with Gasteiger partial charge in [0.25, 0.3) is 5.91 Å². The average Bonchev–Trinajstić information content (AvgIpc) is 2.75. The molecule has 154 valence electrons. The van der Waals surface area contributed by atoms with Crippen LogP contribution in [0.2, 0.25) is 10.0 Å². The van der Waals surface area contributed by atoms with Gasteiger partial charge < -0.3 is 9.47 Å². The molecule has 30 heavy (non-hydrogen) atoms. The number of halogens is 3. The Bertz CT molecular complexity index is 1080. The Hall–Kier alpha value is -2.61. The van der Waals surface area contributed by atoms with E-state index in [0.717, 1.165) is 5.56 Å². The zero-order valence-electron chi connectivity index (χ0n) is 15.7. The summed E-state index contributed by atoms with van der Waals surface area (Å²) in [5.41, 5.74) is 4.35. The van der Waals surface area contributed by atoms with Crippen LogP contribution in [0.15, 0.2) is 64.4 Å². The Kier molecular flexibility index (Phi) is 7.68. The van der Waals surface area contributed by atoms with Gasteiger partial charge in [-0.1, -0.05) is 29.3 Å². The Labute approximate surface area is 192 Å². The first-order valence-corrected chi connectivity index (χ1v) is 10.2. The number of carbonyl (C=O) groups excluding carboxylic acids is 1. The summed E-state index contributed by atoms with van der Waals surface area (Å²) in [4.78, 5) is 15.9. The van der Waals surface area contributed by atoms with Crippen LogP contribution >= 0.6 is 39.1 Å². The highest BCUT2D eigenvalue weighted by atomic mass is 79.9. The molecule has 0 aliphatic heterocycles. The van der Waals surface area contributed by atoms with Crippen molar-refractivity contribution in [3.63, 3.8) is 0 Å². The van der Waals surface area contributed by atoms with Crippen LogP contribution < -0.4 is 14.9 Å². The summed E-state index contributed by atoms with van der Waals surface area (Å²) in [6.45, 7) is 0.243. The molecule has 0 aliphatic carbocycles. The number of methoxy groups -OCH3 is 1. The average molecular weight is 509 g/mol. The maximum atomic E-state index is 12.0. The highest BCUT2D eigenvalue weighted by Crippen LogP contribution is 2.34. The van der Waals surface area contributed by atoms with Crippen molar-refractivity contribution in [2.24, 2.45) is 5.10 Å². The number of aromatic nitrogens is 1. The molecule has 0 saturated heterocycles. The number of rotatable bonds is 7. The molecule has 0 saturated carbocycles. The molecule has 1 N–H and O–H groups in total. The molecule has 0 spiro atoms. The predicted molar refractivity (Wildman–Crippen MR) is 121 cm³/mol. The lowest BCUT2D eigenvalue weighted by Crippen LogP contribution is -2.17. The third kappa shape index (κ3) is 5.72. The van der Waals surface area contributed by atoms with Crippen molar-refractivity contribution in [1.82, 2.24) is 10.4 Å². The molecule has 0 atom stereocenters. The van der Waals surface area contributed by atoms with Crippen molar-refractivity contribution >= 4 is 51.3 Å². The molecule has 1 aromatic heterocycles. The Balaban J connectivity index is 1.71. The topological polar surface area (TPSA) is 72.8 Å². The Morgan fingerprint density at radius 3 is 2.77 bits per heavy atom. The van der Waals surface area contributed by atoms with E-state index in [1.54, 1.807) is 48.7 Å². The summed E-state index contributed by atoms with van der Waals surface area (Å²) in [5.74, 6) is 0.664. The van der Waals surface area contributed by atoms with E-state index in [1.165, 1.54) is 19.5 Å². The van der Waals surface area contributed by atoms with Gasteiger partial charge in [-0.25, -0.2) is 5.43 Å². The maximum absolute atomic E-state index is 12.0. The van der Waals surface area contributed by atoms with E-state index < -0.39 is 0 Å². The molecule has 0 unspecified atom stereocenters. The minimum atomic E-state index is -0.359. The van der Waals surface area contributed by atoms with Crippen LogP contribution in [0, 0.1) is 0 Å². The maximum Gasteiger partial charge on any atom is 0.272 e. The van der Waals surface area contributed by atoms with E-state index in [1.807, 2.05) is 0 Å². The molecular weight excluding hydrogens is 493 g/mol. The molecular formula is C21H16BrCl2N3O3. The number of carbonyl (C=O) groups is 1. The number of pyridine rings is 1. The van der Waals surface area contributed by atoms with Crippen molar-refractivity contribution in [3.05, 3.63) is 86.1 Å². The normalized spacial score (nSPS) is 10.8. The minimum absolute atomic E-state index is 0.243. The lowest BCUT2D eigenvalue weighted by molar-refractivity contribution is 0.0955. The lowest BCUT2D eigenvalue weighted by Gasteiger charge is -2.13. The highest BCUT2D eigenvalue weighted by Gasteiger charge is 2.11. The third-order valence-electron chi connectivity index (χ3n) is 3.97. The van der Waals surface area contributed by atoms with Crippen LogP contribution in [0.25, 0.3) is 0 Å². The van der Waals surface area contributed by atoms with Gasteiger partial charge in [0.05, 0.1) is 18.9 Å². The predicted octanol–water partition coefficient (Wildman–Crippen LogP) is 5.50. The summed E-state index contributed by atoms with van der Waals surface area (Å²) in [5, 5.41) is 5.07. The fraction of sp³-hybridized carbons (Fsp3) is 0.0952. The largest absolute Gasteiger partial charge is 0.493 e. The van der Waals surface area contributed by atoms with Crippen LogP contribution in [-0.2, 0) is 6.61 Å². The quantitative estimate of drug-likeness (QED) is 0.337. The Morgan fingerprint density at radius 1 is 1.23 bits per heavy atom. The third-order valence-corrected chi connectivity index (χ3v) is 5.25. The minimum Gasteiger partial charge on any atom is -0.493 e. The second-order valence-corrected chi connectivity index (χ2v) is 7.69. The van der Waals surface area contributed by atoms with Crippen LogP contribution in [-0.4, -0.2) is 24.2 Å². The summed E-state index contributed by atoms with van der Waals surface area (Å²) in [6.07, 6.45) is 4.55. The molecule has 9 heteroatoms. The van der Waals surface area contributed by atoms with Crippen LogP contribution in [0.4, 0.5) is 0 Å². The van der Waals surface area contributed by atoms with Gasteiger partial charge in [-0.05, 0) is 52.3 Å². The second-order valence-electron chi connectivity index (χ2n) is 5.99. The molecule has 0 bridgehead atoms. The number of amides is 1. The van der Waals surface area contributed by atoms with E-state index in [-0.39, 0.29) is 12.5 Å². The van der Waals surface area contributed by atoms with Gasteiger partial charge >= 0.3 is 0 Å². The van der Waals surface area contributed by atoms with Crippen molar-refractivity contribution in [2.75, 3.05) is 7.11 Å². The van der Waals surface area contributed by atoms with E-state index in [0.29, 0.717) is 37.1 Å². The molecule has 6 nitrogen and oxygen atoms in total. The SMILES string of the molecule is COc1cc(/C=N/NC(=O)c2cccnc2)c(Br)cc1OCc1ccc(Cl)cc1Cl. The number of benzene rings is 2. The van der Waals surface area contributed by atoms with E-state index in [2.05, 4.69) is 31.4 Å². The summed E-state index contributed by atoms with van der Waals surface area (Å²) < 4.78 is 12.0. The van der Waals surface area contributed by atoms with Gasteiger partial charge in [0.15, 0.2) is 11.5 Å². The molecule has 0 aliphatic rings. The van der Waals surface area contributed by atoms with Crippen molar-refractivity contribution in [2.45, 2.75) is 6.61 Å². The van der Waals surface area contributed by atoms with Gasteiger partial charge in [0.1, 0.15) is 6.61 Å². The van der Waals surface area contributed by atoms with E-state index in [9.17, 15) is 4.79 Å². The monoisotopic (exact) mass is 507 g/mol. The molecule has 3 aromatic rings. The van der Waals surface area contributed by atoms with Crippen LogP contribution in [0.3, 0.4) is 0 Å². The van der Waals surface area contributed by atoms with Crippen molar-refractivity contribution < 1.29 is 14.3 Å². The van der Waals surface area contributed by atoms with Gasteiger partial charge in [-0.3, -0.25) is 9.78 Å². The number of ether oxygens (including phenoxy) is 2. The molecule has 0 radical (unpaired) electrons. The first-order valence-electron chi connectivity index (χ1n) is 8.65. The van der Waals surface area contributed by atoms with E-state index in [4.69, 9.17) is 32.7 Å². The molecule has 0 fully saturated rings. The number of hydrogen-bond acceptors (Lipinski definition) is 5. The lowest BCUT2D eigenvalue weighted by atomic mass is 10.2. The summed E-state index contributed by atoms with van der Waals surface area (Å²) in [7, 11) is 1.54. The van der Waals surface area contributed by atoms with Gasteiger partial charge in [-0.2, -0.15) is 5.10 Å². The van der Waals surface area contributed by atoms with Gasteiger partial charge in [-0.15, -0.1) is 0 Å². The smallest absolute Gasteiger partial charge is 0.272 e. The van der Waals surface area contributed by atoms with Crippen LogP contribution in [0.5, 0.6) is 11.5 Å². The fourth-order valence-corrected chi connectivity index (χ4v) is 3.33. The van der Waals surface area contributed by atoms with E-state index >= 15 is 0 Å². The molecule has 3 rings (SSSR count). The first-order chi connectivity index (χ1) is 14.5. The first kappa shape index (κ1) is 22.1. The molecule has 2 aromatic carbocycles. The zero-order chi connectivity index (χ0) is 21.5. The number of hydrazone groups is 1. The molecule has 1 heterocycles. The second kappa shape index (κ2) is 10.4. The fourth-order valence-electron chi connectivity index (χ4n) is 2.44. The van der Waals surface area contributed by atoms with Crippen molar-refractivity contribution in [1.29, 1.82) is 0 Å². The summed E-state index contributed by atoms with van der Waals surface area (Å²) >= 11 is 15.6. The summed E-state index contributed by atoms with van der Waals surface area (Å²) in [6, 6.07) is 12.0. The van der Waals surface area contributed by atoms with Crippen LogP contribution in [0.1, 0.15) is 21.5 Å². The van der Waals surface area contributed by atoms with Gasteiger partial charge in [0.2, 0.25) is 0 Å². The number of hydrogen-bond donors (Lipinski definition) is 1.